The van der Waals surface area contributed by atoms with Crippen molar-refractivity contribution in [2.45, 2.75) is 51.5 Å². The number of pyridine rings is 1. The average molecular weight is 950 g/mol. The van der Waals surface area contributed by atoms with Crippen LogP contribution in [0.25, 0.3) is 22.2 Å². The van der Waals surface area contributed by atoms with Gasteiger partial charge in [0.25, 0.3) is 11.8 Å². The first kappa shape index (κ1) is 46.1. The molecule has 3 N–H and O–H groups in total. The quantitative estimate of drug-likeness (QED) is 0.105. The van der Waals surface area contributed by atoms with Crippen molar-refractivity contribution in [3.63, 3.8) is 0 Å². The number of amides is 5. The normalized spacial score (nSPS) is 18.2. The third-order valence-electron chi connectivity index (χ3n) is 13.6. The fourth-order valence-corrected chi connectivity index (χ4v) is 10.4. The highest BCUT2D eigenvalue weighted by molar-refractivity contribution is 7.90. The molecule has 1 atom stereocenters. The van der Waals surface area contributed by atoms with Gasteiger partial charge in [0.15, 0.2) is 5.82 Å². The smallest absolute Gasteiger partial charge is 0.301 e. The second-order valence-electron chi connectivity index (χ2n) is 17.5. The highest BCUT2D eigenvalue weighted by Crippen LogP contribution is 2.37. The van der Waals surface area contributed by atoms with Gasteiger partial charge in [-0.05, 0) is 79.6 Å². The first-order chi connectivity index (χ1) is 32.6. The molecule has 5 aromatic rings. The van der Waals surface area contributed by atoms with Crippen LogP contribution in [0.1, 0.15) is 82.1 Å². The average Bonchev–Trinajstić information content (AvgIpc) is 3.88. The number of nitrogens with zero attached hydrogens (tertiary/aromatic N) is 6. The Bertz CT molecular complexity index is 2980. The zero-order valence-electron chi connectivity index (χ0n) is 37.4. The zero-order valence-corrected chi connectivity index (χ0v) is 38.2. The van der Waals surface area contributed by atoms with Gasteiger partial charge >= 0.3 is 10.2 Å². The molecular weight excluding hydrogens is 901 g/mol. The molecule has 0 saturated carbocycles. The van der Waals surface area contributed by atoms with Gasteiger partial charge < -0.3 is 19.7 Å². The van der Waals surface area contributed by atoms with Gasteiger partial charge in [-0.1, -0.05) is 25.1 Å². The van der Waals surface area contributed by atoms with E-state index in [4.69, 9.17) is 0 Å². The second kappa shape index (κ2) is 18.6. The van der Waals surface area contributed by atoms with Crippen LogP contribution in [-0.2, 0) is 24.6 Å². The number of imide groups is 2. The number of halogens is 2. The predicted molar refractivity (Wildman–Crippen MR) is 248 cm³/mol. The van der Waals surface area contributed by atoms with E-state index in [2.05, 4.69) is 29.8 Å². The van der Waals surface area contributed by atoms with Crippen LogP contribution in [0.15, 0.2) is 73.1 Å². The molecule has 354 valence electrons. The minimum atomic E-state index is -4.15. The van der Waals surface area contributed by atoms with Gasteiger partial charge in [0.05, 0.1) is 28.1 Å². The Labute approximate surface area is 390 Å². The topological polar surface area (TPSA) is 206 Å². The molecule has 2 aromatic heterocycles. The summed E-state index contributed by atoms with van der Waals surface area (Å²) in [6.45, 7) is 5.40. The summed E-state index contributed by atoms with van der Waals surface area (Å²) in [5.41, 5.74) is 2.39. The molecule has 3 fully saturated rings. The number of fused-ring (bicyclic) bond motifs is 2. The molecule has 0 radical (unpaired) electrons. The SMILES string of the molecule is CCN(C)S(=O)(=O)Nc1ccc(F)c(C(=O)c2c[nH]c3ncc(-c4ccc(N5CCN(C(=O)CCC6CCN(c7cccc8c7C(=O)N(C7CCC(=O)NC7=O)C8=O)CC6)CC5)cc4)cc23)c1F. The Balaban J connectivity index is 0.773. The first-order valence-electron chi connectivity index (χ1n) is 22.6. The number of hydrogen-bond acceptors (Lipinski definition) is 11. The van der Waals surface area contributed by atoms with Crippen LogP contribution in [0.4, 0.5) is 25.8 Å². The maximum atomic E-state index is 15.7. The van der Waals surface area contributed by atoms with E-state index in [-0.39, 0.29) is 42.0 Å². The van der Waals surface area contributed by atoms with Crippen molar-refractivity contribution in [1.82, 2.24) is 29.4 Å². The number of hydrogen-bond donors (Lipinski definition) is 3. The Morgan fingerprint density at radius 1 is 0.882 bits per heavy atom. The number of rotatable bonds is 13. The molecule has 6 heterocycles. The minimum Gasteiger partial charge on any atom is -0.371 e. The minimum absolute atomic E-state index is 0.0423. The molecule has 0 spiro atoms. The molecule has 1 unspecified atom stereocenters. The molecule has 5 amide bonds. The van der Waals surface area contributed by atoms with Crippen LogP contribution < -0.4 is 19.8 Å². The van der Waals surface area contributed by atoms with E-state index in [9.17, 15) is 37.2 Å². The number of piperazine rings is 1. The highest BCUT2D eigenvalue weighted by Gasteiger charge is 2.46. The van der Waals surface area contributed by atoms with Crippen LogP contribution in [-0.4, -0.2) is 127 Å². The Hall–Kier alpha value is -7.06. The van der Waals surface area contributed by atoms with Gasteiger partial charge in [0, 0.05) is 100 Å². The van der Waals surface area contributed by atoms with Crippen LogP contribution in [0.3, 0.4) is 0 Å². The Morgan fingerprint density at radius 3 is 2.32 bits per heavy atom. The number of nitrogens with one attached hydrogen (secondary N) is 3. The predicted octanol–water partition coefficient (Wildman–Crippen LogP) is 5.09. The van der Waals surface area contributed by atoms with Gasteiger partial charge in [-0.15, -0.1) is 0 Å². The van der Waals surface area contributed by atoms with Crippen molar-refractivity contribution in [3.8, 4) is 11.1 Å². The summed E-state index contributed by atoms with van der Waals surface area (Å²) >= 11 is 0. The molecule has 0 bridgehead atoms. The van der Waals surface area contributed by atoms with Crippen LogP contribution in [0, 0.1) is 17.6 Å². The highest BCUT2D eigenvalue weighted by atomic mass is 32.2. The first-order valence-corrected chi connectivity index (χ1v) is 24.0. The van der Waals surface area contributed by atoms with Gasteiger partial charge in [-0.25, -0.2) is 13.8 Å². The third-order valence-corrected chi connectivity index (χ3v) is 15.1. The van der Waals surface area contributed by atoms with Crippen LogP contribution in [0.2, 0.25) is 0 Å². The van der Waals surface area contributed by atoms with E-state index in [1.54, 1.807) is 31.3 Å². The van der Waals surface area contributed by atoms with E-state index in [1.165, 1.54) is 13.2 Å². The summed E-state index contributed by atoms with van der Waals surface area (Å²) in [7, 11) is -2.86. The maximum Gasteiger partial charge on any atom is 0.301 e. The summed E-state index contributed by atoms with van der Waals surface area (Å²) < 4.78 is 58.9. The Kier molecular flexibility index (Phi) is 12.6. The third kappa shape index (κ3) is 8.68. The molecule has 3 aromatic carbocycles. The standard InChI is InChI=1S/C48H49F2N9O8S/c1-3-55(2)68(66,67)54-36-13-12-35(49)42(43(36)50)44(62)34-27-52-45-33(34)25-30(26-51-45)29-8-10-31(11-9-29)56-21-23-58(24-22-56)40(61)16-7-28-17-19-57(20-18-28)37-6-4-5-32-41(37)48(65)59(47(32)64)38-14-15-39(60)53-46(38)63/h4-6,8-13,25-28,38,54H,3,7,14-24H2,1-2H3,(H,51,52)(H,53,60,63). The van der Waals surface area contributed by atoms with Crippen LogP contribution in [0.5, 0.6) is 0 Å². The van der Waals surface area contributed by atoms with E-state index >= 15 is 8.78 Å². The van der Waals surface area contributed by atoms with Crippen molar-refractivity contribution >= 4 is 73.6 Å². The monoisotopic (exact) mass is 949 g/mol. The molecule has 20 heteroatoms. The van der Waals surface area contributed by atoms with Crippen molar-refractivity contribution in [2.75, 3.05) is 67.4 Å². The van der Waals surface area contributed by atoms with Crippen LogP contribution >= 0.6 is 0 Å². The van der Waals surface area contributed by atoms with Crippen molar-refractivity contribution in [3.05, 3.63) is 107 Å². The Morgan fingerprint density at radius 2 is 1.62 bits per heavy atom. The lowest BCUT2D eigenvalue weighted by atomic mass is 9.91. The number of carbonyl (C=O) groups excluding carboxylic acids is 6. The largest absolute Gasteiger partial charge is 0.371 e. The van der Waals surface area contributed by atoms with Crippen molar-refractivity contribution < 1.29 is 46.0 Å². The number of aromatic amines is 1. The summed E-state index contributed by atoms with van der Waals surface area (Å²) in [6.07, 6.45) is 5.87. The molecule has 3 saturated heterocycles. The van der Waals surface area contributed by atoms with E-state index < -0.39 is 68.5 Å². The van der Waals surface area contributed by atoms with E-state index in [1.807, 2.05) is 35.2 Å². The summed E-state index contributed by atoms with van der Waals surface area (Å²) in [6, 6.07) is 15.3. The van der Waals surface area contributed by atoms with Gasteiger partial charge in [-0.2, -0.15) is 12.7 Å². The van der Waals surface area contributed by atoms with Crippen molar-refractivity contribution in [1.29, 1.82) is 0 Å². The van der Waals surface area contributed by atoms with Gasteiger partial charge in [0.1, 0.15) is 17.5 Å². The van der Waals surface area contributed by atoms with E-state index in [0.717, 1.165) is 51.9 Å². The second-order valence-corrected chi connectivity index (χ2v) is 19.3. The number of piperidine rings is 2. The zero-order chi connectivity index (χ0) is 48.0. The number of benzene rings is 3. The number of anilines is 3. The molecule has 68 heavy (non-hydrogen) atoms. The lowest BCUT2D eigenvalue weighted by molar-refractivity contribution is -0.136. The fourth-order valence-electron chi connectivity index (χ4n) is 9.50. The summed E-state index contributed by atoms with van der Waals surface area (Å²) in [4.78, 5) is 92.8. The maximum absolute atomic E-state index is 15.7. The van der Waals surface area contributed by atoms with Gasteiger partial charge in [0.2, 0.25) is 23.5 Å². The lowest BCUT2D eigenvalue weighted by Gasteiger charge is -2.37. The van der Waals surface area contributed by atoms with Gasteiger partial charge in [-0.3, -0.25) is 43.7 Å². The molecule has 4 aliphatic heterocycles. The molecule has 4 aliphatic rings. The number of ketones is 1. The molecule has 9 rings (SSSR count). The number of aromatic nitrogens is 2. The van der Waals surface area contributed by atoms with E-state index in [0.29, 0.717) is 73.9 Å². The number of H-pyrrole nitrogens is 1. The summed E-state index contributed by atoms with van der Waals surface area (Å²) in [5.74, 6) is -5.18. The fraction of sp³-hybridized carbons (Fsp3) is 0.354. The summed E-state index contributed by atoms with van der Waals surface area (Å²) in [5, 5.41) is 2.56. The number of carbonyl (C=O) groups is 6. The molecule has 17 nitrogen and oxygen atoms in total. The molecular formula is C48H49F2N9O8S. The van der Waals surface area contributed by atoms with Crippen molar-refractivity contribution in [2.24, 2.45) is 5.92 Å². The molecule has 0 aliphatic carbocycles. The lowest BCUT2D eigenvalue weighted by Crippen LogP contribution is -2.54.